The molecule has 0 aromatic carbocycles. The number of anilines is 1. The Balaban J connectivity index is 2.12. The predicted octanol–water partition coefficient (Wildman–Crippen LogP) is 1.37. The molecule has 0 saturated carbocycles. The molecule has 100 valence electrons. The molecule has 0 aliphatic carbocycles. The van der Waals surface area contributed by atoms with Crippen molar-refractivity contribution in [2.45, 2.75) is 20.4 Å². The van der Waals surface area contributed by atoms with E-state index in [2.05, 4.69) is 20.4 Å². The summed E-state index contributed by atoms with van der Waals surface area (Å²) in [7, 11) is 0. The molecule has 0 bridgehead atoms. The molecule has 19 heavy (non-hydrogen) atoms. The van der Waals surface area contributed by atoms with Crippen LogP contribution in [0.1, 0.15) is 18.2 Å². The van der Waals surface area contributed by atoms with Gasteiger partial charge < -0.3 is 15.4 Å². The summed E-state index contributed by atoms with van der Waals surface area (Å²) in [4.78, 5) is 18.6. The van der Waals surface area contributed by atoms with Crippen LogP contribution in [0.25, 0.3) is 0 Å². The van der Waals surface area contributed by atoms with Crippen molar-refractivity contribution < 1.29 is 4.92 Å². The molecule has 0 spiro atoms. The van der Waals surface area contributed by atoms with E-state index in [0.29, 0.717) is 23.6 Å². The van der Waals surface area contributed by atoms with Crippen LogP contribution in [-0.2, 0) is 6.54 Å². The van der Waals surface area contributed by atoms with Gasteiger partial charge in [0.25, 0.3) is 0 Å². The first-order valence-corrected chi connectivity index (χ1v) is 5.83. The normalized spacial score (nSPS) is 10.4. The highest BCUT2D eigenvalue weighted by Crippen LogP contribution is 2.14. The van der Waals surface area contributed by atoms with Crippen molar-refractivity contribution in [3.63, 3.8) is 0 Å². The first-order valence-electron chi connectivity index (χ1n) is 5.83. The van der Waals surface area contributed by atoms with Gasteiger partial charge in [0.1, 0.15) is 12.4 Å². The number of aromatic nitrogens is 4. The quantitative estimate of drug-likeness (QED) is 0.645. The number of rotatable bonds is 5. The van der Waals surface area contributed by atoms with Crippen LogP contribution in [0.2, 0.25) is 0 Å². The Morgan fingerprint density at radius 1 is 1.42 bits per heavy atom. The summed E-state index contributed by atoms with van der Waals surface area (Å²) in [5.74, 6) is 0.575. The number of nitro groups is 1. The van der Waals surface area contributed by atoms with Gasteiger partial charge in [0, 0.05) is 6.54 Å². The molecule has 0 saturated heterocycles. The molecule has 0 radical (unpaired) electrons. The zero-order chi connectivity index (χ0) is 13.8. The van der Waals surface area contributed by atoms with Crippen molar-refractivity contribution >= 4 is 11.6 Å². The third-order valence-electron chi connectivity index (χ3n) is 2.48. The molecular weight excluding hydrogens is 248 g/mol. The summed E-state index contributed by atoms with van der Waals surface area (Å²) in [6.45, 7) is 4.76. The lowest BCUT2D eigenvalue weighted by atomic mass is 10.4. The fraction of sp³-hybridized carbons (Fsp3) is 0.364. The Morgan fingerprint density at radius 2 is 2.21 bits per heavy atom. The van der Waals surface area contributed by atoms with E-state index in [1.807, 2.05) is 6.92 Å². The second kappa shape index (κ2) is 5.42. The van der Waals surface area contributed by atoms with E-state index in [4.69, 9.17) is 0 Å². The Morgan fingerprint density at radius 3 is 2.74 bits per heavy atom. The van der Waals surface area contributed by atoms with Gasteiger partial charge in [-0.15, -0.1) is 0 Å². The van der Waals surface area contributed by atoms with Crippen molar-refractivity contribution in [1.82, 2.24) is 19.7 Å². The maximum atomic E-state index is 10.7. The summed E-state index contributed by atoms with van der Waals surface area (Å²) in [6.07, 6.45) is 4.88. The van der Waals surface area contributed by atoms with Crippen LogP contribution in [0.3, 0.4) is 0 Å². The zero-order valence-electron chi connectivity index (χ0n) is 10.7. The molecule has 0 aliphatic heterocycles. The van der Waals surface area contributed by atoms with Crippen molar-refractivity contribution in [1.29, 1.82) is 0 Å². The largest absolute Gasteiger partial charge is 0.392 e. The van der Waals surface area contributed by atoms with Gasteiger partial charge in [-0.1, -0.05) is 0 Å². The number of aryl methyl sites for hydroxylation is 1. The molecule has 0 aliphatic rings. The third-order valence-corrected chi connectivity index (χ3v) is 2.48. The van der Waals surface area contributed by atoms with Gasteiger partial charge in [-0.3, -0.25) is 4.98 Å². The zero-order valence-corrected chi connectivity index (χ0v) is 10.7. The molecule has 2 aromatic heterocycles. The van der Waals surface area contributed by atoms with Crippen molar-refractivity contribution in [2.24, 2.45) is 0 Å². The van der Waals surface area contributed by atoms with Gasteiger partial charge >= 0.3 is 5.82 Å². The summed E-state index contributed by atoms with van der Waals surface area (Å²) in [5, 5.41) is 17.6. The highest BCUT2D eigenvalue weighted by Gasteiger charge is 2.17. The van der Waals surface area contributed by atoms with Gasteiger partial charge in [0.2, 0.25) is 0 Å². The molecule has 2 heterocycles. The highest BCUT2D eigenvalue weighted by molar-refractivity contribution is 5.31. The second-order valence-electron chi connectivity index (χ2n) is 4.01. The maximum Gasteiger partial charge on any atom is 0.392 e. The van der Waals surface area contributed by atoms with Crippen molar-refractivity contribution in [3.05, 3.63) is 40.0 Å². The summed E-state index contributed by atoms with van der Waals surface area (Å²) < 4.78 is 1.49. The van der Waals surface area contributed by atoms with E-state index >= 15 is 0 Å². The van der Waals surface area contributed by atoms with Gasteiger partial charge in [-0.25, -0.2) is 4.98 Å². The molecule has 2 aromatic rings. The summed E-state index contributed by atoms with van der Waals surface area (Å²) >= 11 is 0. The van der Waals surface area contributed by atoms with Gasteiger partial charge in [-0.05, 0) is 18.8 Å². The van der Waals surface area contributed by atoms with Crippen LogP contribution in [-0.4, -0.2) is 31.2 Å². The van der Waals surface area contributed by atoms with E-state index in [1.54, 1.807) is 25.5 Å². The van der Waals surface area contributed by atoms with Crippen LogP contribution < -0.4 is 5.32 Å². The summed E-state index contributed by atoms with van der Waals surface area (Å²) in [5.41, 5.74) is 1.22. The monoisotopic (exact) mass is 262 g/mol. The van der Waals surface area contributed by atoms with Crippen LogP contribution in [0, 0.1) is 17.0 Å². The van der Waals surface area contributed by atoms with Crippen LogP contribution in [0.15, 0.2) is 18.6 Å². The van der Waals surface area contributed by atoms with Gasteiger partial charge in [0.15, 0.2) is 0 Å². The molecule has 0 amide bonds. The number of nitrogens with one attached hydrogen (secondary N) is 1. The van der Waals surface area contributed by atoms with E-state index < -0.39 is 4.92 Å². The van der Waals surface area contributed by atoms with Crippen molar-refractivity contribution in [2.75, 3.05) is 11.9 Å². The summed E-state index contributed by atoms with van der Waals surface area (Å²) in [6, 6.07) is 0. The predicted molar refractivity (Wildman–Crippen MR) is 68.9 cm³/mol. The third kappa shape index (κ3) is 3.03. The van der Waals surface area contributed by atoms with E-state index in [-0.39, 0.29) is 5.82 Å². The minimum absolute atomic E-state index is 0.128. The molecular formula is C11H14N6O2. The van der Waals surface area contributed by atoms with Crippen LogP contribution in [0.5, 0.6) is 0 Å². The Bertz CT molecular complexity index is 577. The molecule has 1 N–H and O–H groups in total. The number of hydrogen-bond donors (Lipinski definition) is 1. The smallest absolute Gasteiger partial charge is 0.369 e. The standard InChI is InChI=1S/C11H14N6O2/c1-3-12-10-5-13-9(4-14-10)7-16-6-8(2)11(15-16)17(18)19/h4-6H,3,7H2,1-2H3,(H,12,14). The fourth-order valence-electron chi connectivity index (χ4n) is 1.65. The molecule has 2 rings (SSSR count). The molecule has 0 atom stereocenters. The Kier molecular flexibility index (Phi) is 3.69. The first kappa shape index (κ1) is 12.9. The molecule has 8 nitrogen and oxygen atoms in total. The first-order chi connectivity index (χ1) is 9.10. The second-order valence-corrected chi connectivity index (χ2v) is 4.01. The van der Waals surface area contributed by atoms with Gasteiger partial charge in [0.05, 0.1) is 34.9 Å². The Labute approximate surface area is 109 Å². The van der Waals surface area contributed by atoms with E-state index in [1.165, 1.54) is 4.68 Å². The lowest BCUT2D eigenvalue weighted by molar-refractivity contribution is -0.390. The Hall–Kier alpha value is -2.51. The minimum Gasteiger partial charge on any atom is -0.369 e. The fourth-order valence-corrected chi connectivity index (χ4v) is 1.65. The van der Waals surface area contributed by atoms with E-state index in [9.17, 15) is 10.1 Å². The SMILES string of the molecule is CCNc1cnc(Cn2cc(C)c([N+](=O)[O-])n2)cn1. The van der Waals surface area contributed by atoms with Crippen LogP contribution in [0.4, 0.5) is 11.6 Å². The number of hydrogen-bond acceptors (Lipinski definition) is 6. The van der Waals surface area contributed by atoms with Gasteiger partial charge in [-0.2, -0.15) is 4.68 Å². The molecule has 0 fully saturated rings. The van der Waals surface area contributed by atoms with Crippen molar-refractivity contribution in [3.8, 4) is 0 Å². The average molecular weight is 262 g/mol. The molecule has 0 unspecified atom stereocenters. The minimum atomic E-state index is -0.494. The van der Waals surface area contributed by atoms with Crippen LogP contribution >= 0.6 is 0 Å². The number of nitrogens with zero attached hydrogens (tertiary/aromatic N) is 5. The van der Waals surface area contributed by atoms with E-state index in [0.717, 1.165) is 6.54 Å². The highest BCUT2D eigenvalue weighted by atomic mass is 16.6. The molecule has 8 heteroatoms. The topological polar surface area (TPSA) is 98.8 Å². The average Bonchev–Trinajstić information content (AvgIpc) is 2.73. The maximum absolute atomic E-state index is 10.7. The lowest BCUT2D eigenvalue weighted by Crippen LogP contribution is -2.05. The lowest BCUT2D eigenvalue weighted by Gasteiger charge is -2.02.